The van der Waals surface area contributed by atoms with Gasteiger partial charge in [-0.3, -0.25) is 14.4 Å². The number of carbonyl (C=O) groups is 1. The summed E-state index contributed by atoms with van der Waals surface area (Å²) in [6.45, 7) is 3.54. The van der Waals surface area contributed by atoms with E-state index in [0.717, 1.165) is 25.2 Å². The first-order chi connectivity index (χ1) is 13.6. The molecule has 1 fully saturated rings. The van der Waals surface area contributed by atoms with Gasteiger partial charge in [0.2, 0.25) is 0 Å². The van der Waals surface area contributed by atoms with Gasteiger partial charge in [-0.25, -0.2) is 9.97 Å². The summed E-state index contributed by atoms with van der Waals surface area (Å²) in [5.41, 5.74) is 2.59. The lowest BCUT2D eigenvalue weighted by Crippen LogP contribution is -2.42. The van der Waals surface area contributed by atoms with E-state index in [9.17, 15) is 9.90 Å². The monoisotopic (exact) mass is 387 g/mol. The SMILES string of the molecule is Cn1cc2c(n1)CCN(C[C@@H](O)CNC(=O)c1cc(NC3COC3)ncn1)C2. The van der Waals surface area contributed by atoms with E-state index in [-0.39, 0.29) is 24.2 Å². The molecule has 150 valence electrons. The number of aliphatic hydroxyl groups is 1. The minimum Gasteiger partial charge on any atom is -0.390 e. The van der Waals surface area contributed by atoms with Gasteiger partial charge in [0.05, 0.1) is 31.1 Å². The Labute approximate surface area is 162 Å². The molecule has 0 bridgehead atoms. The van der Waals surface area contributed by atoms with Gasteiger partial charge in [0.25, 0.3) is 5.91 Å². The first kappa shape index (κ1) is 18.8. The van der Waals surface area contributed by atoms with Crippen LogP contribution in [0.15, 0.2) is 18.6 Å². The van der Waals surface area contributed by atoms with Crippen LogP contribution in [0, 0.1) is 0 Å². The van der Waals surface area contributed by atoms with Crippen LogP contribution in [-0.2, 0) is 24.8 Å². The predicted molar refractivity (Wildman–Crippen MR) is 101 cm³/mol. The van der Waals surface area contributed by atoms with Gasteiger partial charge in [0, 0.05) is 57.5 Å². The van der Waals surface area contributed by atoms with E-state index < -0.39 is 6.10 Å². The number of fused-ring (bicyclic) bond motifs is 1. The van der Waals surface area contributed by atoms with E-state index in [0.29, 0.717) is 25.6 Å². The molecule has 2 aromatic heterocycles. The fourth-order valence-corrected chi connectivity index (χ4v) is 3.42. The largest absolute Gasteiger partial charge is 0.390 e. The first-order valence-electron chi connectivity index (χ1n) is 9.43. The maximum absolute atomic E-state index is 12.3. The van der Waals surface area contributed by atoms with E-state index in [1.54, 1.807) is 6.07 Å². The number of carbonyl (C=O) groups excluding carboxylic acids is 1. The zero-order valence-corrected chi connectivity index (χ0v) is 15.8. The molecule has 1 atom stereocenters. The Morgan fingerprint density at radius 2 is 2.29 bits per heavy atom. The summed E-state index contributed by atoms with van der Waals surface area (Å²) >= 11 is 0. The third-order valence-electron chi connectivity index (χ3n) is 4.91. The Bertz CT molecular complexity index is 836. The summed E-state index contributed by atoms with van der Waals surface area (Å²) in [6, 6.07) is 1.83. The topological polar surface area (TPSA) is 117 Å². The molecule has 28 heavy (non-hydrogen) atoms. The Balaban J connectivity index is 1.25. The van der Waals surface area contributed by atoms with Crippen molar-refractivity contribution in [2.45, 2.75) is 25.1 Å². The molecule has 10 heteroatoms. The average Bonchev–Trinajstić information content (AvgIpc) is 3.02. The second-order valence-corrected chi connectivity index (χ2v) is 7.29. The third kappa shape index (κ3) is 4.46. The van der Waals surface area contributed by atoms with Crippen molar-refractivity contribution in [2.24, 2.45) is 7.05 Å². The van der Waals surface area contributed by atoms with Gasteiger partial charge < -0.3 is 20.5 Å². The summed E-state index contributed by atoms with van der Waals surface area (Å²) < 4.78 is 6.94. The van der Waals surface area contributed by atoms with Crippen LogP contribution in [0.1, 0.15) is 21.7 Å². The van der Waals surface area contributed by atoms with Crippen molar-refractivity contribution in [3.63, 3.8) is 0 Å². The molecule has 4 heterocycles. The standard InChI is InChI=1S/C18H25N7O3/c1-24-6-12-7-25(3-2-15(12)23-24)8-14(26)5-19-18(27)16-4-17(21-11-20-16)22-13-9-28-10-13/h4,6,11,13-14,26H,2-3,5,7-10H2,1H3,(H,19,27)(H,20,21,22)/t14-/m0/s1. The highest BCUT2D eigenvalue weighted by Crippen LogP contribution is 2.17. The number of aromatic nitrogens is 4. The van der Waals surface area contributed by atoms with E-state index in [2.05, 4.69) is 30.6 Å². The van der Waals surface area contributed by atoms with Crippen molar-refractivity contribution in [1.29, 1.82) is 0 Å². The maximum atomic E-state index is 12.3. The summed E-state index contributed by atoms with van der Waals surface area (Å²) in [6.07, 6.45) is 3.59. The van der Waals surface area contributed by atoms with Crippen LogP contribution in [0.2, 0.25) is 0 Å². The van der Waals surface area contributed by atoms with Crippen molar-refractivity contribution in [3.05, 3.63) is 35.5 Å². The summed E-state index contributed by atoms with van der Waals surface area (Å²) in [4.78, 5) is 22.6. The highest BCUT2D eigenvalue weighted by Gasteiger charge is 2.22. The fourth-order valence-electron chi connectivity index (χ4n) is 3.42. The maximum Gasteiger partial charge on any atom is 0.270 e. The minimum atomic E-state index is -0.659. The minimum absolute atomic E-state index is 0.165. The summed E-state index contributed by atoms with van der Waals surface area (Å²) in [7, 11) is 1.92. The van der Waals surface area contributed by atoms with Crippen LogP contribution < -0.4 is 10.6 Å². The summed E-state index contributed by atoms with van der Waals surface area (Å²) in [5, 5.41) is 20.7. The molecule has 0 aliphatic carbocycles. The van der Waals surface area contributed by atoms with Crippen molar-refractivity contribution < 1.29 is 14.6 Å². The Kier molecular flexibility index (Phi) is 5.51. The molecule has 1 saturated heterocycles. The van der Waals surface area contributed by atoms with Gasteiger partial charge in [-0.2, -0.15) is 5.10 Å². The van der Waals surface area contributed by atoms with Crippen LogP contribution in [0.3, 0.4) is 0 Å². The number of aliphatic hydroxyl groups excluding tert-OH is 1. The number of nitrogens with one attached hydrogen (secondary N) is 2. The molecular weight excluding hydrogens is 362 g/mol. The van der Waals surface area contributed by atoms with Crippen molar-refractivity contribution in [1.82, 2.24) is 30.0 Å². The van der Waals surface area contributed by atoms with Crippen molar-refractivity contribution in [2.75, 3.05) is 38.2 Å². The van der Waals surface area contributed by atoms with Crippen LogP contribution >= 0.6 is 0 Å². The van der Waals surface area contributed by atoms with Crippen LogP contribution in [-0.4, -0.2) is 80.7 Å². The van der Waals surface area contributed by atoms with Gasteiger partial charge in [0.1, 0.15) is 17.8 Å². The number of anilines is 1. The van der Waals surface area contributed by atoms with Gasteiger partial charge in [-0.05, 0) is 0 Å². The van der Waals surface area contributed by atoms with E-state index >= 15 is 0 Å². The smallest absolute Gasteiger partial charge is 0.270 e. The lowest BCUT2D eigenvalue weighted by molar-refractivity contribution is 0.0209. The molecule has 0 radical (unpaired) electrons. The molecule has 0 aromatic carbocycles. The zero-order chi connectivity index (χ0) is 19.5. The number of ether oxygens (including phenoxy) is 1. The van der Waals surface area contributed by atoms with E-state index in [1.165, 1.54) is 11.9 Å². The van der Waals surface area contributed by atoms with E-state index in [1.807, 2.05) is 17.9 Å². The molecule has 1 amide bonds. The first-order valence-corrected chi connectivity index (χ1v) is 9.43. The number of hydrogen-bond donors (Lipinski definition) is 3. The lowest BCUT2D eigenvalue weighted by atomic mass is 10.1. The van der Waals surface area contributed by atoms with Gasteiger partial charge in [0.15, 0.2) is 0 Å². The molecule has 0 unspecified atom stereocenters. The number of amides is 1. The molecule has 3 N–H and O–H groups in total. The molecule has 2 aliphatic rings. The number of hydrogen-bond acceptors (Lipinski definition) is 8. The number of aryl methyl sites for hydroxylation is 1. The molecule has 4 rings (SSSR count). The number of nitrogens with zero attached hydrogens (tertiary/aromatic N) is 5. The van der Waals surface area contributed by atoms with Gasteiger partial charge in [-0.15, -0.1) is 0 Å². The molecular formula is C18H25N7O3. The normalized spacial score (nSPS) is 18.2. The molecule has 2 aliphatic heterocycles. The van der Waals surface area contributed by atoms with Crippen LogP contribution in [0.5, 0.6) is 0 Å². The number of β-amino-alcohol motifs (C(OH)–C–C–N with tert-alkyl or cyclic N) is 1. The highest BCUT2D eigenvalue weighted by molar-refractivity contribution is 5.92. The Morgan fingerprint density at radius 3 is 3.07 bits per heavy atom. The van der Waals surface area contributed by atoms with Gasteiger partial charge >= 0.3 is 0 Å². The Morgan fingerprint density at radius 1 is 1.43 bits per heavy atom. The van der Waals surface area contributed by atoms with Gasteiger partial charge in [-0.1, -0.05) is 0 Å². The zero-order valence-electron chi connectivity index (χ0n) is 15.8. The quantitative estimate of drug-likeness (QED) is 0.564. The van der Waals surface area contributed by atoms with E-state index in [4.69, 9.17) is 4.74 Å². The molecule has 2 aromatic rings. The lowest BCUT2D eigenvalue weighted by Gasteiger charge is -2.28. The highest BCUT2D eigenvalue weighted by atomic mass is 16.5. The average molecular weight is 387 g/mol. The molecule has 0 spiro atoms. The van der Waals surface area contributed by atoms with Crippen LogP contribution in [0.25, 0.3) is 0 Å². The number of rotatable bonds is 7. The molecule has 0 saturated carbocycles. The van der Waals surface area contributed by atoms with Crippen molar-refractivity contribution >= 4 is 11.7 Å². The summed E-state index contributed by atoms with van der Waals surface area (Å²) in [5.74, 6) is 0.261. The third-order valence-corrected chi connectivity index (χ3v) is 4.91. The van der Waals surface area contributed by atoms with Crippen LogP contribution in [0.4, 0.5) is 5.82 Å². The fraction of sp³-hybridized carbons (Fsp3) is 0.556. The van der Waals surface area contributed by atoms with Crippen molar-refractivity contribution in [3.8, 4) is 0 Å². The predicted octanol–water partition coefficient (Wildman–Crippen LogP) is -0.830. The second-order valence-electron chi connectivity index (χ2n) is 7.29. The molecule has 10 nitrogen and oxygen atoms in total. The Hall–Kier alpha value is -2.56. The second kappa shape index (κ2) is 8.21.